The Labute approximate surface area is 49.5 Å². The molecule has 8 heavy (non-hydrogen) atoms. The predicted molar refractivity (Wildman–Crippen MR) is 31.3 cm³/mol. The van der Waals surface area contributed by atoms with Gasteiger partial charge in [-0.1, -0.05) is 6.92 Å². The SMILES string of the molecule is CCNC1(C#N)CC1. The monoisotopic (exact) mass is 110 g/mol. The molecule has 0 bridgehead atoms. The Hall–Kier alpha value is -0.550. The second kappa shape index (κ2) is 1.75. The van der Waals surface area contributed by atoms with Gasteiger partial charge in [-0.15, -0.1) is 0 Å². The number of hydrogen-bond acceptors (Lipinski definition) is 2. The van der Waals surface area contributed by atoms with Crippen LogP contribution in [0.25, 0.3) is 0 Å². The maximum absolute atomic E-state index is 8.48. The molecule has 1 N–H and O–H groups in total. The van der Waals surface area contributed by atoms with Crippen molar-refractivity contribution in [3.05, 3.63) is 0 Å². The molecule has 0 amide bonds. The summed E-state index contributed by atoms with van der Waals surface area (Å²) < 4.78 is 0. The highest BCUT2D eigenvalue weighted by Gasteiger charge is 2.41. The first-order valence-corrected chi connectivity index (χ1v) is 2.99. The number of nitriles is 1. The smallest absolute Gasteiger partial charge is 0.106 e. The van der Waals surface area contributed by atoms with Gasteiger partial charge in [-0.25, -0.2) is 0 Å². The van der Waals surface area contributed by atoms with Crippen molar-refractivity contribution in [3.8, 4) is 6.07 Å². The number of nitrogens with zero attached hydrogens (tertiary/aromatic N) is 1. The summed E-state index contributed by atoms with van der Waals surface area (Å²) in [6, 6.07) is 2.24. The normalized spacial score (nSPS) is 22.0. The summed E-state index contributed by atoms with van der Waals surface area (Å²) >= 11 is 0. The van der Waals surface area contributed by atoms with Gasteiger partial charge in [0.25, 0.3) is 0 Å². The highest BCUT2D eigenvalue weighted by atomic mass is 15.0. The number of rotatable bonds is 2. The van der Waals surface area contributed by atoms with Gasteiger partial charge >= 0.3 is 0 Å². The lowest BCUT2D eigenvalue weighted by atomic mass is 10.3. The van der Waals surface area contributed by atoms with E-state index < -0.39 is 0 Å². The Morgan fingerprint density at radius 2 is 2.38 bits per heavy atom. The van der Waals surface area contributed by atoms with Crippen molar-refractivity contribution >= 4 is 0 Å². The fourth-order valence-electron chi connectivity index (χ4n) is 0.791. The minimum Gasteiger partial charge on any atom is -0.300 e. The van der Waals surface area contributed by atoms with Crippen molar-refractivity contribution in [2.24, 2.45) is 0 Å². The molecule has 0 heterocycles. The molecule has 44 valence electrons. The van der Waals surface area contributed by atoms with Gasteiger partial charge in [0.05, 0.1) is 6.07 Å². The van der Waals surface area contributed by atoms with Crippen LogP contribution in [0.3, 0.4) is 0 Å². The minimum atomic E-state index is -0.102. The zero-order valence-corrected chi connectivity index (χ0v) is 5.07. The summed E-state index contributed by atoms with van der Waals surface area (Å²) in [5.74, 6) is 0. The lowest BCUT2D eigenvalue weighted by Crippen LogP contribution is -2.28. The van der Waals surface area contributed by atoms with E-state index in [2.05, 4.69) is 11.4 Å². The zero-order valence-electron chi connectivity index (χ0n) is 5.07. The first-order chi connectivity index (χ1) is 3.83. The highest BCUT2D eigenvalue weighted by molar-refractivity contribution is 5.17. The molecule has 0 atom stereocenters. The van der Waals surface area contributed by atoms with Crippen molar-refractivity contribution in [2.45, 2.75) is 25.3 Å². The molecule has 0 aromatic rings. The molecule has 1 fully saturated rings. The Kier molecular flexibility index (Phi) is 1.22. The lowest BCUT2D eigenvalue weighted by molar-refractivity contribution is 0.622. The van der Waals surface area contributed by atoms with E-state index >= 15 is 0 Å². The van der Waals surface area contributed by atoms with E-state index in [0.717, 1.165) is 19.4 Å². The van der Waals surface area contributed by atoms with E-state index in [9.17, 15) is 0 Å². The largest absolute Gasteiger partial charge is 0.300 e. The van der Waals surface area contributed by atoms with Crippen LogP contribution in [-0.4, -0.2) is 12.1 Å². The molecule has 0 aromatic heterocycles. The third-order valence-electron chi connectivity index (χ3n) is 1.48. The Morgan fingerprint density at radius 3 is 2.50 bits per heavy atom. The van der Waals surface area contributed by atoms with Crippen LogP contribution in [0.15, 0.2) is 0 Å². The average Bonchev–Trinajstić information content (AvgIpc) is 2.50. The van der Waals surface area contributed by atoms with Gasteiger partial charge in [-0.2, -0.15) is 5.26 Å². The van der Waals surface area contributed by atoms with E-state index in [1.54, 1.807) is 0 Å². The van der Waals surface area contributed by atoms with Crippen LogP contribution < -0.4 is 5.32 Å². The van der Waals surface area contributed by atoms with Gasteiger partial charge in [-0.05, 0) is 19.4 Å². The van der Waals surface area contributed by atoms with Crippen LogP contribution in [0.2, 0.25) is 0 Å². The summed E-state index contributed by atoms with van der Waals surface area (Å²) in [7, 11) is 0. The van der Waals surface area contributed by atoms with E-state index in [4.69, 9.17) is 5.26 Å². The molecule has 0 unspecified atom stereocenters. The molecule has 0 aromatic carbocycles. The molecule has 2 heteroatoms. The third kappa shape index (κ3) is 0.823. The van der Waals surface area contributed by atoms with Crippen molar-refractivity contribution < 1.29 is 0 Å². The molecule has 0 spiro atoms. The van der Waals surface area contributed by atoms with Crippen LogP contribution in [0.5, 0.6) is 0 Å². The molecule has 0 aliphatic heterocycles. The van der Waals surface area contributed by atoms with Crippen molar-refractivity contribution in [2.75, 3.05) is 6.54 Å². The Balaban J connectivity index is 2.33. The summed E-state index contributed by atoms with van der Waals surface area (Å²) in [4.78, 5) is 0. The molecular weight excluding hydrogens is 100 g/mol. The maximum Gasteiger partial charge on any atom is 0.106 e. The molecule has 0 radical (unpaired) electrons. The fraction of sp³-hybridized carbons (Fsp3) is 0.833. The summed E-state index contributed by atoms with van der Waals surface area (Å²) in [6.07, 6.45) is 2.08. The zero-order chi connectivity index (χ0) is 6.04. The van der Waals surface area contributed by atoms with Gasteiger partial charge in [-0.3, -0.25) is 5.32 Å². The molecule has 1 saturated carbocycles. The van der Waals surface area contributed by atoms with Crippen LogP contribution in [0, 0.1) is 11.3 Å². The number of nitrogens with one attached hydrogen (secondary N) is 1. The third-order valence-corrected chi connectivity index (χ3v) is 1.48. The molecule has 0 saturated heterocycles. The molecular formula is C6H10N2. The first-order valence-electron chi connectivity index (χ1n) is 2.99. The van der Waals surface area contributed by atoms with Gasteiger partial charge in [0, 0.05) is 0 Å². The van der Waals surface area contributed by atoms with Gasteiger partial charge in [0.15, 0.2) is 0 Å². The topological polar surface area (TPSA) is 35.8 Å². The second-order valence-corrected chi connectivity index (χ2v) is 2.22. The minimum absolute atomic E-state index is 0.102. The Bertz CT molecular complexity index is 119. The van der Waals surface area contributed by atoms with Crippen LogP contribution in [0.1, 0.15) is 19.8 Å². The Morgan fingerprint density at radius 1 is 1.75 bits per heavy atom. The molecule has 2 nitrogen and oxygen atoms in total. The van der Waals surface area contributed by atoms with Gasteiger partial charge in [0.2, 0.25) is 0 Å². The quantitative estimate of drug-likeness (QED) is 0.566. The molecule has 1 aliphatic rings. The van der Waals surface area contributed by atoms with Crippen LogP contribution in [0.4, 0.5) is 0 Å². The van der Waals surface area contributed by atoms with E-state index in [0.29, 0.717) is 0 Å². The van der Waals surface area contributed by atoms with E-state index in [1.165, 1.54) is 0 Å². The van der Waals surface area contributed by atoms with Crippen LogP contribution in [-0.2, 0) is 0 Å². The van der Waals surface area contributed by atoms with Crippen molar-refractivity contribution in [1.29, 1.82) is 5.26 Å². The summed E-state index contributed by atoms with van der Waals surface area (Å²) in [5.41, 5.74) is -0.102. The maximum atomic E-state index is 8.48. The summed E-state index contributed by atoms with van der Waals surface area (Å²) in [5, 5.41) is 11.6. The summed E-state index contributed by atoms with van der Waals surface area (Å²) in [6.45, 7) is 2.94. The van der Waals surface area contributed by atoms with E-state index in [-0.39, 0.29) is 5.54 Å². The number of hydrogen-bond donors (Lipinski definition) is 1. The predicted octanol–water partition coefficient (Wildman–Crippen LogP) is 0.652. The van der Waals surface area contributed by atoms with Crippen molar-refractivity contribution in [1.82, 2.24) is 5.32 Å². The first kappa shape index (κ1) is 5.58. The molecule has 1 rings (SSSR count). The van der Waals surface area contributed by atoms with Crippen LogP contribution >= 0.6 is 0 Å². The highest BCUT2D eigenvalue weighted by Crippen LogP contribution is 2.33. The average molecular weight is 110 g/mol. The lowest BCUT2D eigenvalue weighted by Gasteiger charge is -2.02. The standard InChI is InChI=1S/C6H10N2/c1-2-8-6(5-7)3-4-6/h8H,2-4H2,1H3. The van der Waals surface area contributed by atoms with Gasteiger partial charge < -0.3 is 0 Å². The van der Waals surface area contributed by atoms with Crippen molar-refractivity contribution in [3.63, 3.8) is 0 Å². The fourth-order valence-corrected chi connectivity index (χ4v) is 0.791. The molecule has 1 aliphatic carbocycles. The van der Waals surface area contributed by atoms with Gasteiger partial charge in [0.1, 0.15) is 5.54 Å². The second-order valence-electron chi connectivity index (χ2n) is 2.22. The van der Waals surface area contributed by atoms with E-state index in [1.807, 2.05) is 6.92 Å².